The highest BCUT2D eigenvalue weighted by Gasteiger charge is 2.28. The highest BCUT2D eigenvalue weighted by Crippen LogP contribution is 2.27. The molecule has 0 aliphatic carbocycles. The number of nitrogens with zero attached hydrogens (tertiary/aromatic N) is 1. The van der Waals surface area contributed by atoms with E-state index in [1.54, 1.807) is 50.2 Å². The second-order valence-corrected chi connectivity index (χ2v) is 8.38. The summed E-state index contributed by atoms with van der Waals surface area (Å²) < 4.78 is 32.4. The van der Waals surface area contributed by atoms with Gasteiger partial charge in [-0.1, -0.05) is 25.1 Å². The predicted octanol–water partition coefficient (Wildman–Crippen LogP) is 1.68. The number of aryl methyl sites for hydroxylation is 1. The molecule has 0 atom stereocenters. The summed E-state index contributed by atoms with van der Waals surface area (Å²) in [6, 6.07) is 11.5. The number of carbonyl (C=O) groups excluding carboxylic acids is 2. The Labute approximate surface area is 170 Å². The van der Waals surface area contributed by atoms with Gasteiger partial charge in [-0.25, -0.2) is 8.42 Å². The van der Waals surface area contributed by atoms with Crippen LogP contribution in [0.2, 0.25) is 0 Å². The number of hydrogen-bond donors (Lipinski definition) is 2. The van der Waals surface area contributed by atoms with Gasteiger partial charge in [0.25, 0.3) is 0 Å². The lowest BCUT2D eigenvalue weighted by Crippen LogP contribution is -2.38. The van der Waals surface area contributed by atoms with Crippen molar-refractivity contribution in [2.45, 2.75) is 25.2 Å². The zero-order valence-corrected chi connectivity index (χ0v) is 17.5. The number of rotatable bonds is 9. The molecule has 0 spiro atoms. The SMILES string of the molecule is CCN(CC(=O)Nc1ccc(CC(N)=O)cc1)S(=O)(=O)c1cc(C)ccc1OC. The molecule has 0 aliphatic heterocycles. The highest BCUT2D eigenvalue weighted by atomic mass is 32.2. The fourth-order valence-corrected chi connectivity index (χ4v) is 4.40. The first-order valence-electron chi connectivity index (χ1n) is 8.99. The lowest BCUT2D eigenvalue weighted by Gasteiger charge is -2.21. The van der Waals surface area contributed by atoms with Crippen LogP contribution in [0.3, 0.4) is 0 Å². The van der Waals surface area contributed by atoms with Crippen LogP contribution in [0.25, 0.3) is 0 Å². The number of methoxy groups -OCH3 is 1. The highest BCUT2D eigenvalue weighted by molar-refractivity contribution is 7.89. The van der Waals surface area contributed by atoms with E-state index in [1.807, 2.05) is 0 Å². The van der Waals surface area contributed by atoms with Crippen molar-refractivity contribution in [1.29, 1.82) is 0 Å². The molecule has 0 heterocycles. The molecule has 156 valence electrons. The molecule has 3 N–H and O–H groups in total. The number of amides is 2. The Morgan fingerprint density at radius 2 is 1.79 bits per heavy atom. The van der Waals surface area contributed by atoms with Gasteiger partial charge in [-0.3, -0.25) is 9.59 Å². The monoisotopic (exact) mass is 419 g/mol. The Kier molecular flexibility index (Phi) is 7.35. The number of ether oxygens (including phenoxy) is 1. The lowest BCUT2D eigenvalue weighted by molar-refractivity contribution is -0.117. The first kappa shape index (κ1) is 22.4. The number of benzene rings is 2. The van der Waals surface area contributed by atoms with Gasteiger partial charge >= 0.3 is 0 Å². The van der Waals surface area contributed by atoms with Gasteiger partial charge in [0.15, 0.2) is 0 Å². The van der Waals surface area contributed by atoms with Crippen molar-refractivity contribution in [2.24, 2.45) is 5.73 Å². The fraction of sp³-hybridized carbons (Fsp3) is 0.300. The summed E-state index contributed by atoms with van der Waals surface area (Å²) in [6.45, 7) is 3.21. The topological polar surface area (TPSA) is 119 Å². The van der Waals surface area contributed by atoms with Gasteiger partial charge < -0.3 is 15.8 Å². The van der Waals surface area contributed by atoms with E-state index in [2.05, 4.69) is 5.32 Å². The normalized spacial score (nSPS) is 11.3. The molecular weight excluding hydrogens is 394 g/mol. The first-order valence-corrected chi connectivity index (χ1v) is 10.4. The second-order valence-electron chi connectivity index (χ2n) is 6.47. The number of likely N-dealkylation sites (N-methyl/N-ethyl adjacent to an activating group) is 1. The molecule has 0 aliphatic rings. The summed E-state index contributed by atoms with van der Waals surface area (Å²) in [7, 11) is -2.53. The Balaban J connectivity index is 2.15. The summed E-state index contributed by atoms with van der Waals surface area (Å²) in [5.41, 5.74) is 7.13. The van der Waals surface area contributed by atoms with E-state index in [1.165, 1.54) is 13.2 Å². The largest absolute Gasteiger partial charge is 0.495 e. The third-order valence-corrected chi connectivity index (χ3v) is 6.17. The zero-order valence-electron chi connectivity index (χ0n) is 16.6. The number of nitrogens with one attached hydrogen (secondary N) is 1. The van der Waals surface area contributed by atoms with Crippen LogP contribution >= 0.6 is 0 Å². The van der Waals surface area contributed by atoms with Gasteiger partial charge in [-0.05, 0) is 42.3 Å². The number of hydrogen-bond acceptors (Lipinski definition) is 5. The number of anilines is 1. The molecule has 0 fully saturated rings. The van der Waals surface area contributed by atoms with Crippen molar-refractivity contribution in [3.05, 3.63) is 53.6 Å². The first-order chi connectivity index (χ1) is 13.7. The number of nitrogens with two attached hydrogens (primary N) is 1. The zero-order chi connectivity index (χ0) is 21.6. The minimum atomic E-state index is -3.93. The van der Waals surface area contributed by atoms with Crippen LogP contribution < -0.4 is 15.8 Å². The summed E-state index contributed by atoms with van der Waals surface area (Å²) >= 11 is 0. The van der Waals surface area contributed by atoms with Crippen LogP contribution in [0, 0.1) is 6.92 Å². The van der Waals surface area contributed by atoms with Crippen molar-refractivity contribution < 1.29 is 22.7 Å². The van der Waals surface area contributed by atoms with Gasteiger partial charge in [-0.15, -0.1) is 0 Å². The van der Waals surface area contributed by atoms with Gasteiger partial charge in [0.2, 0.25) is 21.8 Å². The van der Waals surface area contributed by atoms with Crippen molar-refractivity contribution in [3.8, 4) is 5.75 Å². The van der Waals surface area contributed by atoms with Gasteiger partial charge in [0.05, 0.1) is 20.1 Å². The molecule has 2 amide bonds. The summed E-state index contributed by atoms with van der Waals surface area (Å²) in [4.78, 5) is 23.4. The van der Waals surface area contributed by atoms with E-state index in [9.17, 15) is 18.0 Å². The molecule has 0 saturated heterocycles. The molecule has 0 saturated carbocycles. The van der Waals surface area contributed by atoms with Crippen molar-refractivity contribution >= 4 is 27.5 Å². The van der Waals surface area contributed by atoms with E-state index in [0.717, 1.165) is 15.4 Å². The van der Waals surface area contributed by atoms with Crippen LogP contribution in [-0.4, -0.2) is 44.7 Å². The molecule has 29 heavy (non-hydrogen) atoms. The molecular formula is C20H25N3O5S. The van der Waals surface area contributed by atoms with Crippen LogP contribution in [0.5, 0.6) is 5.75 Å². The number of carbonyl (C=O) groups is 2. The molecule has 0 radical (unpaired) electrons. The second kappa shape index (κ2) is 9.53. The van der Waals surface area contributed by atoms with Crippen LogP contribution in [0.4, 0.5) is 5.69 Å². The smallest absolute Gasteiger partial charge is 0.247 e. The quantitative estimate of drug-likeness (QED) is 0.641. The van der Waals surface area contributed by atoms with Crippen LogP contribution in [0.15, 0.2) is 47.4 Å². The summed E-state index contributed by atoms with van der Waals surface area (Å²) in [6.07, 6.45) is 0.106. The molecule has 0 bridgehead atoms. The third-order valence-electron chi connectivity index (χ3n) is 4.23. The Bertz CT molecular complexity index is 988. The molecule has 8 nitrogen and oxygen atoms in total. The summed E-state index contributed by atoms with van der Waals surface area (Å²) in [5.74, 6) is -0.707. The molecule has 0 aromatic heterocycles. The maximum atomic E-state index is 13.1. The number of sulfonamides is 1. The van der Waals surface area contributed by atoms with E-state index in [4.69, 9.17) is 10.5 Å². The Morgan fingerprint density at radius 1 is 1.14 bits per heavy atom. The third kappa shape index (κ3) is 5.78. The molecule has 9 heteroatoms. The fourth-order valence-electron chi connectivity index (χ4n) is 2.76. The molecule has 2 aromatic carbocycles. The van der Waals surface area contributed by atoms with E-state index in [-0.39, 0.29) is 30.2 Å². The van der Waals surface area contributed by atoms with Crippen molar-refractivity contribution in [1.82, 2.24) is 4.31 Å². The number of primary amides is 1. The van der Waals surface area contributed by atoms with Crippen molar-refractivity contribution in [2.75, 3.05) is 25.5 Å². The lowest BCUT2D eigenvalue weighted by atomic mass is 10.1. The predicted molar refractivity (Wildman–Crippen MR) is 110 cm³/mol. The van der Waals surface area contributed by atoms with Crippen molar-refractivity contribution in [3.63, 3.8) is 0 Å². The van der Waals surface area contributed by atoms with E-state index in [0.29, 0.717) is 5.69 Å². The van der Waals surface area contributed by atoms with Gasteiger partial charge in [-0.2, -0.15) is 4.31 Å². The molecule has 2 aromatic rings. The van der Waals surface area contributed by atoms with Crippen LogP contribution in [-0.2, 0) is 26.0 Å². The maximum absolute atomic E-state index is 13.1. The maximum Gasteiger partial charge on any atom is 0.247 e. The average molecular weight is 420 g/mol. The Morgan fingerprint density at radius 3 is 2.34 bits per heavy atom. The van der Waals surface area contributed by atoms with E-state index >= 15 is 0 Å². The van der Waals surface area contributed by atoms with Crippen LogP contribution in [0.1, 0.15) is 18.1 Å². The standard InChI is InChI=1S/C20H25N3O5S/c1-4-23(29(26,27)18-11-14(2)5-10-17(18)28-3)13-20(25)22-16-8-6-15(7-9-16)12-19(21)24/h5-11H,4,12-13H2,1-3H3,(H2,21,24)(H,22,25). The van der Waals surface area contributed by atoms with E-state index < -0.39 is 21.8 Å². The Hall–Kier alpha value is -2.91. The van der Waals surface area contributed by atoms with Gasteiger partial charge in [0, 0.05) is 12.2 Å². The summed E-state index contributed by atoms with van der Waals surface area (Å²) in [5, 5.41) is 2.66. The average Bonchev–Trinajstić information content (AvgIpc) is 2.67. The molecule has 2 rings (SSSR count). The molecule has 0 unspecified atom stereocenters. The van der Waals surface area contributed by atoms with Gasteiger partial charge in [0.1, 0.15) is 10.6 Å². The minimum Gasteiger partial charge on any atom is -0.495 e. The minimum absolute atomic E-state index is 0.0189.